The molecule has 114 valence electrons. The van der Waals surface area contributed by atoms with Gasteiger partial charge in [0.2, 0.25) is 0 Å². The van der Waals surface area contributed by atoms with Crippen LogP contribution in [-0.4, -0.2) is 0 Å². The van der Waals surface area contributed by atoms with Gasteiger partial charge in [-0.05, 0) is 74.0 Å². The molecule has 0 aromatic heterocycles. The summed E-state index contributed by atoms with van der Waals surface area (Å²) in [6.07, 6.45) is 12.4. The monoisotopic (exact) mass is 266 g/mol. The summed E-state index contributed by atoms with van der Waals surface area (Å²) < 4.78 is 0. The standard InChI is InChI=1S/C8H14.C7H12.2C2H6/c1-7-2-3-8(6-7)4-5-8;1-5-2-6-4-7(6)3-5;2*1-2/h7H,2-6H2,1H3;5-7H,2-4H2,1H3;2*1-2H3. The molecule has 4 saturated carbocycles. The van der Waals surface area contributed by atoms with E-state index in [4.69, 9.17) is 0 Å². The lowest BCUT2D eigenvalue weighted by Crippen LogP contribution is -1.90. The van der Waals surface area contributed by atoms with E-state index in [9.17, 15) is 0 Å². The van der Waals surface area contributed by atoms with Crippen LogP contribution in [0.5, 0.6) is 0 Å². The van der Waals surface area contributed by atoms with E-state index < -0.39 is 0 Å². The van der Waals surface area contributed by atoms with Crippen molar-refractivity contribution in [2.75, 3.05) is 0 Å². The van der Waals surface area contributed by atoms with E-state index in [-0.39, 0.29) is 0 Å². The molecule has 4 rings (SSSR count). The predicted molar refractivity (Wildman–Crippen MR) is 87.4 cm³/mol. The molecule has 4 aliphatic rings. The molecule has 0 heterocycles. The third-order valence-electron chi connectivity index (χ3n) is 5.39. The Morgan fingerprint density at radius 1 is 0.684 bits per heavy atom. The lowest BCUT2D eigenvalue weighted by atomic mass is 10.0. The van der Waals surface area contributed by atoms with Gasteiger partial charge in [-0.15, -0.1) is 0 Å². The minimum absolute atomic E-state index is 0.916. The van der Waals surface area contributed by atoms with Crippen LogP contribution in [0, 0.1) is 29.1 Å². The predicted octanol–water partition coefficient (Wildman–Crippen LogP) is 6.69. The van der Waals surface area contributed by atoms with Crippen molar-refractivity contribution < 1.29 is 0 Å². The topological polar surface area (TPSA) is 0 Å². The summed E-state index contributed by atoms with van der Waals surface area (Å²) in [7, 11) is 0. The first-order chi connectivity index (χ1) is 9.17. The summed E-state index contributed by atoms with van der Waals surface area (Å²) in [5.41, 5.74) is 0.916. The smallest absolute Gasteiger partial charge is 0.0294 e. The second kappa shape index (κ2) is 7.70. The van der Waals surface area contributed by atoms with Gasteiger partial charge in [-0.3, -0.25) is 0 Å². The largest absolute Gasteiger partial charge is 0.0683 e. The van der Waals surface area contributed by atoms with Crippen LogP contribution in [0.15, 0.2) is 0 Å². The molecule has 1 spiro atoms. The minimum atomic E-state index is 0.916. The number of rotatable bonds is 0. The third kappa shape index (κ3) is 5.12. The quantitative estimate of drug-likeness (QED) is 0.458. The zero-order valence-corrected chi connectivity index (χ0v) is 14.5. The lowest BCUT2D eigenvalue weighted by Gasteiger charge is -2.00. The summed E-state index contributed by atoms with van der Waals surface area (Å²) >= 11 is 0. The minimum Gasteiger partial charge on any atom is -0.0683 e. The molecular formula is C19H38. The zero-order valence-electron chi connectivity index (χ0n) is 14.5. The first-order valence-electron chi connectivity index (χ1n) is 9.17. The van der Waals surface area contributed by atoms with Gasteiger partial charge in [-0.2, -0.15) is 0 Å². The van der Waals surface area contributed by atoms with Crippen LogP contribution in [0.4, 0.5) is 0 Å². The molecule has 0 aromatic carbocycles. The molecule has 0 N–H and O–H groups in total. The SMILES string of the molecule is CC.CC.CC1CC2CC2C1.CC1CCC2(CC2)C1. The van der Waals surface area contributed by atoms with Crippen LogP contribution in [-0.2, 0) is 0 Å². The van der Waals surface area contributed by atoms with Crippen LogP contribution < -0.4 is 0 Å². The van der Waals surface area contributed by atoms with Crippen molar-refractivity contribution in [1.82, 2.24) is 0 Å². The van der Waals surface area contributed by atoms with E-state index in [0.717, 1.165) is 17.3 Å². The maximum absolute atomic E-state index is 2.40. The Balaban J connectivity index is 0.000000152. The van der Waals surface area contributed by atoms with Gasteiger partial charge in [0.15, 0.2) is 0 Å². The van der Waals surface area contributed by atoms with Crippen LogP contribution in [0.25, 0.3) is 0 Å². The zero-order chi connectivity index (χ0) is 14.5. The first-order valence-corrected chi connectivity index (χ1v) is 9.17. The van der Waals surface area contributed by atoms with Gasteiger partial charge in [0.25, 0.3) is 0 Å². The highest BCUT2D eigenvalue weighted by Gasteiger charge is 2.46. The fraction of sp³-hybridized carbons (Fsp3) is 1.00. The molecule has 0 heteroatoms. The third-order valence-corrected chi connectivity index (χ3v) is 5.39. The van der Waals surface area contributed by atoms with Crippen LogP contribution >= 0.6 is 0 Å². The maximum Gasteiger partial charge on any atom is -0.0294 e. The molecule has 3 atom stereocenters. The summed E-state index contributed by atoms with van der Waals surface area (Å²) in [4.78, 5) is 0. The Morgan fingerprint density at radius 3 is 1.42 bits per heavy atom. The Labute approximate surface area is 122 Å². The van der Waals surface area contributed by atoms with Gasteiger partial charge < -0.3 is 0 Å². The molecule has 0 aliphatic heterocycles. The molecular weight excluding hydrogens is 228 g/mol. The summed E-state index contributed by atoms with van der Waals surface area (Å²) in [6.45, 7) is 12.8. The normalized spacial score (nSPS) is 38.8. The van der Waals surface area contributed by atoms with Crippen molar-refractivity contribution in [2.24, 2.45) is 29.1 Å². The van der Waals surface area contributed by atoms with Gasteiger partial charge in [-0.1, -0.05) is 48.0 Å². The number of fused-ring (bicyclic) bond motifs is 1. The molecule has 0 saturated heterocycles. The van der Waals surface area contributed by atoms with E-state index in [1.165, 1.54) is 18.3 Å². The van der Waals surface area contributed by atoms with Crippen LogP contribution in [0.1, 0.15) is 92.9 Å². The van der Waals surface area contributed by atoms with Gasteiger partial charge in [-0.25, -0.2) is 0 Å². The maximum atomic E-state index is 2.40. The van der Waals surface area contributed by atoms with E-state index in [1.807, 2.05) is 27.7 Å². The molecule has 4 fully saturated rings. The average molecular weight is 267 g/mol. The van der Waals surface area contributed by atoms with Gasteiger partial charge in [0, 0.05) is 0 Å². The lowest BCUT2D eigenvalue weighted by molar-refractivity contribution is 0.501. The Bertz CT molecular complexity index is 228. The highest BCUT2D eigenvalue weighted by atomic mass is 14.5. The Kier molecular flexibility index (Phi) is 6.91. The summed E-state index contributed by atoms with van der Waals surface area (Å²) in [5.74, 6) is 4.51. The van der Waals surface area contributed by atoms with Crippen molar-refractivity contribution in [3.8, 4) is 0 Å². The highest BCUT2D eigenvalue weighted by Crippen LogP contribution is 2.59. The van der Waals surface area contributed by atoms with Crippen LogP contribution in [0.3, 0.4) is 0 Å². The van der Waals surface area contributed by atoms with Crippen molar-refractivity contribution in [2.45, 2.75) is 92.9 Å². The van der Waals surface area contributed by atoms with E-state index >= 15 is 0 Å². The molecule has 3 unspecified atom stereocenters. The molecule has 0 aromatic rings. The van der Waals surface area contributed by atoms with E-state index in [0.29, 0.717) is 0 Å². The van der Waals surface area contributed by atoms with E-state index in [2.05, 4.69) is 13.8 Å². The number of hydrogen-bond donors (Lipinski definition) is 0. The second-order valence-corrected chi connectivity index (χ2v) is 7.18. The van der Waals surface area contributed by atoms with Crippen molar-refractivity contribution in [3.05, 3.63) is 0 Å². The van der Waals surface area contributed by atoms with Gasteiger partial charge in [0.1, 0.15) is 0 Å². The molecule has 19 heavy (non-hydrogen) atoms. The Morgan fingerprint density at radius 2 is 1.21 bits per heavy atom. The summed E-state index contributed by atoms with van der Waals surface area (Å²) in [5, 5.41) is 0. The van der Waals surface area contributed by atoms with Gasteiger partial charge in [0.05, 0.1) is 0 Å². The molecule has 0 amide bonds. The van der Waals surface area contributed by atoms with Crippen molar-refractivity contribution in [3.63, 3.8) is 0 Å². The molecule has 0 nitrogen and oxygen atoms in total. The summed E-state index contributed by atoms with van der Waals surface area (Å²) in [6, 6.07) is 0. The molecule has 4 aliphatic carbocycles. The fourth-order valence-electron chi connectivity index (χ4n) is 4.14. The average Bonchev–Trinajstić information content (AvgIpc) is 3.28. The Hall–Kier alpha value is 0. The molecule has 0 bridgehead atoms. The highest BCUT2D eigenvalue weighted by molar-refractivity contribution is 4.98. The van der Waals surface area contributed by atoms with Crippen molar-refractivity contribution in [1.29, 1.82) is 0 Å². The number of hydrogen-bond acceptors (Lipinski definition) is 0. The van der Waals surface area contributed by atoms with E-state index in [1.54, 1.807) is 44.9 Å². The molecule has 0 radical (unpaired) electrons. The van der Waals surface area contributed by atoms with Crippen molar-refractivity contribution >= 4 is 0 Å². The van der Waals surface area contributed by atoms with Crippen LogP contribution in [0.2, 0.25) is 0 Å². The second-order valence-electron chi connectivity index (χ2n) is 7.18. The van der Waals surface area contributed by atoms with Gasteiger partial charge >= 0.3 is 0 Å². The first kappa shape index (κ1) is 17.1. The fourth-order valence-corrected chi connectivity index (χ4v) is 4.14.